The van der Waals surface area contributed by atoms with Crippen molar-refractivity contribution in [3.8, 4) is 0 Å². The van der Waals surface area contributed by atoms with Crippen molar-refractivity contribution < 1.29 is 0 Å². The summed E-state index contributed by atoms with van der Waals surface area (Å²) in [6.45, 7) is 5.33. The van der Waals surface area contributed by atoms with Crippen LogP contribution in [0.2, 0.25) is 0 Å². The molecule has 9 heteroatoms. The van der Waals surface area contributed by atoms with Crippen LogP contribution < -0.4 is 11.1 Å². The molecule has 1 spiro atoms. The lowest BCUT2D eigenvalue weighted by molar-refractivity contribution is 0.297. The molecule has 2 aliphatic rings. The van der Waals surface area contributed by atoms with Crippen LogP contribution in [-0.4, -0.2) is 42.3 Å². The molecule has 0 radical (unpaired) electrons. The topological polar surface area (TPSA) is 85.9 Å². The summed E-state index contributed by atoms with van der Waals surface area (Å²) >= 11 is 1.53. The summed E-state index contributed by atoms with van der Waals surface area (Å²) in [5.41, 5.74) is 0.737. The first-order valence-electron chi connectivity index (χ1n) is 9.79. The third-order valence-corrected chi connectivity index (χ3v) is 6.78. The number of hydrogen-bond acceptors (Lipinski definition) is 7. The van der Waals surface area contributed by atoms with Gasteiger partial charge in [-0.25, -0.2) is 9.67 Å². The molecule has 0 bridgehead atoms. The van der Waals surface area contributed by atoms with Gasteiger partial charge in [-0.2, -0.15) is 5.10 Å². The summed E-state index contributed by atoms with van der Waals surface area (Å²) in [5.74, 6) is 0.753. The Morgan fingerprint density at radius 3 is 2.79 bits per heavy atom. The van der Waals surface area contributed by atoms with E-state index in [1.807, 2.05) is 24.6 Å². The second-order valence-corrected chi connectivity index (χ2v) is 9.02. The molecule has 2 aliphatic heterocycles. The largest absolute Gasteiger partial charge is 0.332 e. The molecule has 0 aromatic carbocycles. The van der Waals surface area contributed by atoms with Crippen LogP contribution >= 0.6 is 11.3 Å². The molecule has 5 heterocycles. The fraction of sp³-hybridized carbons (Fsp3) is 0.450. The molecule has 0 unspecified atom stereocenters. The van der Waals surface area contributed by atoms with Crippen LogP contribution in [-0.2, 0) is 25.0 Å². The maximum absolute atomic E-state index is 12.7. The molecule has 29 heavy (non-hydrogen) atoms. The van der Waals surface area contributed by atoms with Gasteiger partial charge in [-0.05, 0) is 37.9 Å². The van der Waals surface area contributed by atoms with Gasteiger partial charge in [-0.3, -0.25) is 24.0 Å². The van der Waals surface area contributed by atoms with E-state index in [-0.39, 0.29) is 12.0 Å². The molecule has 3 aromatic heterocycles. The number of fused-ring (bicyclic) bond motifs is 2. The normalized spacial score (nSPS) is 21.1. The third kappa shape index (κ3) is 3.24. The van der Waals surface area contributed by atoms with Crippen LogP contribution in [0.3, 0.4) is 0 Å². The minimum Gasteiger partial charge on any atom is -0.298 e. The van der Waals surface area contributed by atoms with Crippen LogP contribution in [0.15, 0.2) is 39.5 Å². The van der Waals surface area contributed by atoms with Gasteiger partial charge in [-0.1, -0.05) is 6.07 Å². The molecule has 8 nitrogen and oxygen atoms in total. The van der Waals surface area contributed by atoms with Crippen molar-refractivity contribution in [3.63, 3.8) is 0 Å². The smallest absolute Gasteiger partial charge is 0.298 e. The second kappa shape index (κ2) is 7.00. The SMILES string of the molecule is Cc1nc(Cn2nc3n(c(=O)c2=O)CC[C@]32CCN(Cc3cccnc3)C2)cs1. The Bertz CT molecular complexity index is 1170. The van der Waals surface area contributed by atoms with E-state index >= 15 is 0 Å². The van der Waals surface area contributed by atoms with Crippen molar-refractivity contribution >= 4 is 11.3 Å². The van der Waals surface area contributed by atoms with E-state index in [1.165, 1.54) is 21.6 Å². The van der Waals surface area contributed by atoms with Gasteiger partial charge >= 0.3 is 11.1 Å². The molecule has 0 N–H and O–H groups in total. The van der Waals surface area contributed by atoms with Gasteiger partial charge in [0, 0.05) is 42.8 Å². The quantitative estimate of drug-likeness (QED) is 0.600. The van der Waals surface area contributed by atoms with Crippen molar-refractivity contribution in [3.05, 3.63) is 72.7 Å². The van der Waals surface area contributed by atoms with Crippen LogP contribution in [0.1, 0.15) is 34.9 Å². The molecule has 0 amide bonds. The fourth-order valence-electron chi connectivity index (χ4n) is 4.54. The van der Waals surface area contributed by atoms with Crippen molar-refractivity contribution in [1.29, 1.82) is 0 Å². The zero-order valence-electron chi connectivity index (χ0n) is 16.2. The number of aryl methyl sites for hydroxylation is 1. The molecule has 0 aliphatic carbocycles. The van der Waals surface area contributed by atoms with E-state index in [1.54, 1.807) is 10.8 Å². The van der Waals surface area contributed by atoms with Crippen molar-refractivity contribution in [1.82, 2.24) is 29.2 Å². The van der Waals surface area contributed by atoms with Crippen LogP contribution in [0.4, 0.5) is 0 Å². The Morgan fingerprint density at radius 2 is 2.03 bits per heavy atom. The lowest BCUT2D eigenvalue weighted by Crippen LogP contribution is -2.45. The fourth-order valence-corrected chi connectivity index (χ4v) is 5.15. The first-order chi connectivity index (χ1) is 14.0. The first-order valence-corrected chi connectivity index (χ1v) is 10.7. The Balaban J connectivity index is 1.46. The molecule has 0 saturated carbocycles. The predicted molar refractivity (Wildman–Crippen MR) is 109 cm³/mol. The number of nitrogens with zero attached hydrogens (tertiary/aromatic N) is 6. The number of pyridine rings is 1. The van der Waals surface area contributed by atoms with E-state index in [0.717, 1.165) is 49.0 Å². The summed E-state index contributed by atoms with van der Waals surface area (Å²) < 4.78 is 2.90. The average molecular weight is 411 g/mol. The van der Waals surface area contributed by atoms with Gasteiger partial charge in [0.1, 0.15) is 5.82 Å². The van der Waals surface area contributed by atoms with Gasteiger partial charge in [0.25, 0.3) is 0 Å². The monoisotopic (exact) mass is 410 g/mol. The van der Waals surface area contributed by atoms with E-state index in [0.29, 0.717) is 6.54 Å². The highest BCUT2D eigenvalue weighted by Gasteiger charge is 2.47. The standard InChI is InChI=1S/C20H22N6O2S/c1-14-22-16(12-29-14)11-26-18(28)17(27)25-8-5-20(19(25)23-26)4-7-24(13-20)10-15-3-2-6-21-9-15/h2-3,6,9,12H,4-5,7-8,10-11,13H2,1H3/t20-/m0/s1. The molecule has 1 fully saturated rings. The summed E-state index contributed by atoms with van der Waals surface area (Å²) in [5, 5.41) is 7.53. The van der Waals surface area contributed by atoms with Crippen LogP contribution in [0, 0.1) is 6.92 Å². The van der Waals surface area contributed by atoms with Gasteiger partial charge in [0.2, 0.25) is 0 Å². The molecule has 1 saturated heterocycles. The number of hydrogen-bond donors (Lipinski definition) is 0. The van der Waals surface area contributed by atoms with Crippen molar-refractivity contribution in [2.24, 2.45) is 0 Å². The van der Waals surface area contributed by atoms with Gasteiger partial charge < -0.3 is 0 Å². The molecule has 150 valence electrons. The number of rotatable bonds is 4. The molecular weight excluding hydrogens is 388 g/mol. The van der Waals surface area contributed by atoms with Crippen molar-refractivity contribution in [2.45, 2.75) is 44.8 Å². The minimum atomic E-state index is -0.568. The second-order valence-electron chi connectivity index (χ2n) is 7.95. The first kappa shape index (κ1) is 18.4. The van der Waals surface area contributed by atoms with Gasteiger partial charge in [-0.15, -0.1) is 11.3 Å². The highest BCUT2D eigenvalue weighted by Crippen LogP contribution is 2.40. The molecule has 1 atom stereocenters. The molecule has 5 rings (SSSR count). The number of aromatic nitrogens is 5. The Labute approximate surface area is 171 Å². The molecular formula is C20H22N6O2S. The highest BCUT2D eigenvalue weighted by atomic mass is 32.1. The lowest BCUT2D eigenvalue weighted by atomic mass is 9.85. The predicted octanol–water partition coefficient (Wildman–Crippen LogP) is 1.16. The zero-order chi connectivity index (χ0) is 20.0. The number of likely N-dealkylation sites (tertiary alicyclic amines) is 1. The van der Waals surface area contributed by atoms with Crippen LogP contribution in [0.25, 0.3) is 0 Å². The highest BCUT2D eigenvalue weighted by molar-refractivity contribution is 7.09. The van der Waals surface area contributed by atoms with Crippen LogP contribution in [0.5, 0.6) is 0 Å². The maximum Gasteiger partial charge on any atom is 0.332 e. The van der Waals surface area contributed by atoms with E-state index in [9.17, 15) is 9.59 Å². The van der Waals surface area contributed by atoms with Crippen molar-refractivity contribution in [2.75, 3.05) is 13.1 Å². The van der Waals surface area contributed by atoms with E-state index in [4.69, 9.17) is 0 Å². The Hall–Kier alpha value is -2.65. The number of thiazole rings is 1. The average Bonchev–Trinajstić information content (AvgIpc) is 3.41. The summed E-state index contributed by atoms with van der Waals surface area (Å²) in [6.07, 6.45) is 5.46. The molecule has 3 aromatic rings. The summed E-state index contributed by atoms with van der Waals surface area (Å²) in [6, 6.07) is 4.03. The van der Waals surface area contributed by atoms with E-state index < -0.39 is 11.1 Å². The lowest BCUT2D eigenvalue weighted by Gasteiger charge is -2.23. The summed E-state index contributed by atoms with van der Waals surface area (Å²) in [4.78, 5) is 36.3. The zero-order valence-corrected chi connectivity index (χ0v) is 17.1. The minimum absolute atomic E-state index is 0.172. The summed E-state index contributed by atoms with van der Waals surface area (Å²) in [7, 11) is 0. The van der Waals surface area contributed by atoms with Gasteiger partial charge in [0.15, 0.2) is 0 Å². The Morgan fingerprint density at radius 1 is 1.17 bits per heavy atom. The maximum atomic E-state index is 12.7. The van der Waals surface area contributed by atoms with Gasteiger partial charge in [0.05, 0.1) is 17.2 Å². The third-order valence-electron chi connectivity index (χ3n) is 5.96. The van der Waals surface area contributed by atoms with E-state index in [2.05, 4.69) is 26.0 Å². The Kier molecular flexibility index (Phi) is 4.44.